The first-order chi connectivity index (χ1) is 12.0. The van der Waals surface area contributed by atoms with Crippen molar-refractivity contribution in [2.75, 3.05) is 13.1 Å². The number of rotatable bonds is 6. The third-order valence-corrected chi connectivity index (χ3v) is 7.61. The monoisotopic (exact) mass is 379 g/mol. The normalized spacial score (nSPS) is 17.0. The standard InChI is InChI=1S/C18H25N3O2S2/c1-14-13-24-17(11-19)18(14)25(22,23)20-16-7-9-21(10-8-16)12-15-5-3-2-4-6-15/h2-6,13,16,20H,7-12,19H2,1H3. The van der Waals surface area contributed by atoms with Crippen molar-refractivity contribution < 1.29 is 8.42 Å². The molecule has 1 saturated heterocycles. The van der Waals surface area contributed by atoms with Gasteiger partial charge in [0.1, 0.15) is 4.90 Å². The van der Waals surface area contributed by atoms with E-state index in [2.05, 4.69) is 33.9 Å². The summed E-state index contributed by atoms with van der Waals surface area (Å²) in [4.78, 5) is 3.49. The van der Waals surface area contributed by atoms with E-state index in [0.29, 0.717) is 4.90 Å². The molecule has 2 aromatic rings. The summed E-state index contributed by atoms with van der Waals surface area (Å²) < 4.78 is 28.4. The Hall–Kier alpha value is -1.25. The molecule has 0 bridgehead atoms. The second-order valence-corrected chi connectivity index (χ2v) is 9.15. The first kappa shape index (κ1) is 18.5. The van der Waals surface area contributed by atoms with Gasteiger partial charge in [-0.1, -0.05) is 30.3 Å². The van der Waals surface area contributed by atoms with Gasteiger partial charge in [-0.2, -0.15) is 0 Å². The van der Waals surface area contributed by atoms with Crippen LogP contribution in [0.1, 0.15) is 28.8 Å². The van der Waals surface area contributed by atoms with Crippen molar-refractivity contribution in [2.45, 2.75) is 43.8 Å². The molecule has 3 rings (SSSR count). The number of aryl methyl sites for hydroxylation is 1. The van der Waals surface area contributed by atoms with E-state index in [1.807, 2.05) is 18.4 Å². The van der Waals surface area contributed by atoms with Crippen LogP contribution in [0.25, 0.3) is 0 Å². The number of likely N-dealkylation sites (tertiary alicyclic amines) is 1. The fraction of sp³-hybridized carbons (Fsp3) is 0.444. The third-order valence-electron chi connectivity index (χ3n) is 4.60. The van der Waals surface area contributed by atoms with Gasteiger partial charge >= 0.3 is 0 Å². The van der Waals surface area contributed by atoms with Crippen molar-refractivity contribution >= 4 is 21.4 Å². The van der Waals surface area contributed by atoms with Gasteiger partial charge < -0.3 is 5.73 Å². The molecule has 2 heterocycles. The zero-order valence-electron chi connectivity index (χ0n) is 14.4. The molecule has 0 amide bonds. The molecule has 1 aromatic carbocycles. The molecule has 1 aliphatic rings. The summed E-state index contributed by atoms with van der Waals surface area (Å²) in [6, 6.07) is 10.4. The SMILES string of the molecule is Cc1csc(CN)c1S(=O)(=O)NC1CCN(Cc2ccccc2)CC1. The minimum absolute atomic E-state index is 0.0121. The van der Waals surface area contributed by atoms with Crippen LogP contribution in [0.5, 0.6) is 0 Å². The lowest BCUT2D eigenvalue weighted by Crippen LogP contribution is -2.44. The van der Waals surface area contributed by atoms with Crippen molar-refractivity contribution in [2.24, 2.45) is 5.73 Å². The average molecular weight is 380 g/mol. The highest BCUT2D eigenvalue weighted by Crippen LogP contribution is 2.27. The summed E-state index contributed by atoms with van der Waals surface area (Å²) in [5.41, 5.74) is 7.77. The van der Waals surface area contributed by atoms with Gasteiger partial charge in [0, 0.05) is 37.1 Å². The Balaban J connectivity index is 1.59. The van der Waals surface area contributed by atoms with Crippen LogP contribution in [0, 0.1) is 6.92 Å². The van der Waals surface area contributed by atoms with Gasteiger partial charge in [-0.25, -0.2) is 13.1 Å². The van der Waals surface area contributed by atoms with Gasteiger partial charge in [0.15, 0.2) is 0 Å². The molecule has 1 fully saturated rings. The van der Waals surface area contributed by atoms with Crippen LogP contribution in [0.2, 0.25) is 0 Å². The summed E-state index contributed by atoms with van der Waals surface area (Å²) in [6.07, 6.45) is 1.65. The molecule has 1 aliphatic heterocycles. The molecule has 0 radical (unpaired) electrons. The first-order valence-electron chi connectivity index (χ1n) is 8.55. The Bertz CT molecular complexity index is 795. The maximum atomic E-state index is 12.8. The predicted molar refractivity (Wildman–Crippen MR) is 102 cm³/mol. The van der Waals surface area contributed by atoms with E-state index in [0.717, 1.165) is 42.9 Å². The lowest BCUT2D eigenvalue weighted by atomic mass is 10.1. The van der Waals surface area contributed by atoms with Crippen molar-refractivity contribution in [3.63, 3.8) is 0 Å². The molecule has 0 atom stereocenters. The van der Waals surface area contributed by atoms with Gasteiger partial charge in [0.05, 0.1) is 0 Å². The Morgan fingerprint density at radius 1 is 1.24 bits per heavy atom. The van der Waals surface area contributed by atoms with E-state index in [9.17, 15) is 8.42 Å². The van der Waals surface area contributed by atoms with Crippen LogP contribution < -0.4 is 10.5 Å². The Morgan fingerprint density at radius 2 is 1.92 bits per heavy atom. The highest BCUT2D eigenvalue weighted by atomic mass is 32.2. The summed E-state index contributed by atoms with van der Waals surface area (Å²) >= 11 is 1.41. The Kier molecular flexibility index (Phi) is 5.91. The van der Waals surface area contributed by atoms with Gasteiger partial charge in [-0.15, -0.1) is 11.3 Å². The van der Waals surface area contributed by atoms with Crippen molar-refractivity contribution in [1.29, 1.82) is 0 Å². The van der Waals surface area contributed by atoms with Gasteiger partial charge in [-0.05, 0) is 36.3 Å². The van der Waals surface area contributed by atoms with Crippen LogP contribution in [0.15, 0.2) is 40.6 Å². The van der Waals surface area contributed by atoms with Crippen molar-refractivity contribution in [1.82, 2.24) is 9.62 Å². The second-order valence-electron chi connectivity index (χ2n) is 6.53. The molecular weight excluding hydrogens is 354 g/mol. The topological polar surface area (TPSA) is 75.4 Å². The van der Waals surface area contributed by atoms with Gasteiger partial charge in [0.25, 0.3) is 0 Å². The third kappa shape index (κ3) is 4.48. The summed E-state index contributed by atoms with van der Waals surface area (Å²) in [6.45, 7) is 4.79. The number of sulfonamides is 1. The number of hydrogen-bond donors (Lipinski definition) is 2. The quantitative estimate of drug-likeness (QED) is 0.808. The smallest absolute Gasteiger partial charge is 0.242 e. The number of nitrogens with zero attached hydrogens (tertiary/aromatic N) is 1. The summed E-state index contributed by atoms with van der Waals surface area (Å²) in [5, 5.41) is 1.86. The summed E-state index contributed by atoms with van der Waals surface area (Å²) in [5.74, 6) is 0. The number of thiophene rings is 1. The van der Waals surface area contributed by atoms with Gasteiger partial charge in [0.2, 0.25) is 10.0 Å². The molecule has 0 unspecified atom stereocenters. The predicted octanol–water partition coefficient (Wildman–Crippen LogP) is 2.46. The minimum Gasteiger partial charge on any atom is -0.326 e. The first-order valence-corrected chi connectivity index (χ1v) is 10.9. The van der Waals surface area contributed by atoms with E-state index in [4.69, 9.17) is 5.73 Å². The fourth-order valence-corrected chi connectivity index (χ4v) is 6.33. The zero-order chi connectivity index (χ0) is 17.9. The fourth-order valence-electron chi connectivity index (χ4n) is 3.32. The molecule has 3 N–H and O–H groups in total. The zero-order valence-corrected chi connectivity index (χ0v) is 16.1. The van der Waals surface area contributed by atoms with Crippen LogP contribution in [-0.2, 0) is 23.1 Å². The molecule has 1 aromatic heterocycles. The summed E-state index contributed by atoms with van der Waals surface area (Å²) in [7, 11) is -3.50. The number of nitrogens with one attached hydrogen (secondary N) is 1. The van der Waals surface area contributed by atoms with Crippen LogP contribution >= 0.6 is 11.3 Å². The van der Waals surface area contributed by atoms with Crippen molar-refractivity contribution in [3.05, 3.63) is 51.7 Å². The lowest BCUT2D eigenvalue weighted by Gasteiger charge is -2.32. The molecule has 25 heavy (non-hydrogen) atoms. The highest BCUT2D eigenvalue weighted by Gasteiger charge is 2.28. The molecule has 7 heteroatoms. The Morgan fingerprint density at radius 3 is 2.56 bits per heavy atom. The maximum absolute atomic E-state index is 12.8. The van der Waals surface area contributed by atoms with Crippen LogP contribution in [0.3, 0.4) is 0 Å². The molecule has 0 aliphatic carbocycles. The second kappa shape index (κ2) is 7.97. The van der Waals surface area contributed by atoms with Crippen molar-refractivity contribution in [3.8, 4) is 0 Å². The van der Waals surface area contributed by atoms with E-state index >= 15 is 0 Å². The number of piperidine rings is 1. The van der Waals surface area contributed by atoms with Crippen LogP contribution in [0.4, 0.5) is 0 Å². The molecule has 5 nitrogen and oxygen atoms in total. The van der Waals surface area contributed by atoms with E-state index < -0.39 is 10.0 Å². The number of benzene rings is 1. The molecule has 0 saturated carbocycles. The van der Waals surface area contributed by atoms with E-state index in [-0.39, 0.29) is 12.6 Å². The molecule has 0 spiro atoms. The average Bonchev–Trinajstić information content (AvgIpc) is 2.99. The van der Waals surface area contributed by atoms with E-state index in [1.165, 1.54) is 16.9 Å². The lowest BCUT2D eigenvalue weighted by molar-refractivity contribution is 0.200. The maximum Gasteiger partial charge on any atom is 0.242 e. The largest absolute Gasteiger partial charge is 0.326 e. The van der Waals surface area contributed by atoms with Crippen LogP contribution in [-0.4, -0.2) is 32.4 Å². The highest BCUT2D eigenvalue weighted by molar-refractivity contribution is 7.89. The van der Waals surface area contributed by atoms with E-state index in [1.54, 1.807) is 0 Å². The number of nitrogens with two attached hydrogens (primary N) is 1. The minimum atomic E-state index is -3.50. The molecule has 136 valence electrons. The molecular formula is C18H25N3O2S2. The Labute approximate surface area is 153 Å². The number of hydrogen-bond acceptors (Lipinski definition) is 5. The van der Waals surface area contributed by atoms with Gasteiger partial charge in [-0.3, -0.25) is 4.90 Å².